The SMILES string of the molecule is C=C(NC1CCN(c2cnc(C3CCN(c4cc(C)nc(C)c4C=NC)CC3)c(C)c2)CC1F)OC(C)(C)C. The first-order valence-corrected chi connectivity index (χ1v) is 14.1. The van der Waals surface area contributed by atoms with Crippen LogP contribution in [0.5, 0.6) is 0 Å². The predicted octanol–water partition coefficient (Wildman–Crippen LogP) is 5.63. The molecule has 2 aliphatic rings. The van der Waals surface area contributed by atoms with E-state index in [1.54, 1.807) is 7.05 Å². The van der Waals surface area contributed by atoms with E-state index >= 15 is 4.39 Å². The molecule has 2 fully saturated rings. The van der Waals surface area contributed by atoms with Crippen molar-refractivity contribution < 1.29 is 9.13 Å². The van der Waals surface area contributed by atoms with Crippen molar-refractivity contribution in [1.82, 2.24) is 15.3 Å². The average molecular weight is 537 g/mol. The van der Waals surface area contributed by atoms with E-state index in [2.05, 4.69) is 57.7 Å². The minimum atomic E-state index is -1.02. The summed E-state index contributed by atoms with van der Waals surface area (Å²) in [5, 5.41) is 3.14. The van der Waals surface area contributed by atoms with Crippen molar-refractivity contribution in [3.8, 4) is 0 Å². The third-order valence-corrected chi connectivity index (χ3v) is 7.62. The number of hydrogen-bond acceptors (Lipinski definition) is 7. The Kier molecular flexibility index (Phi) is 8.82. The maximum Gasteiger partial charge on any atom is 0.180 e. The van der Waals surface area contributed by atoms with Gasteiger partial charge < -0.3 is 19.9 Å². The molecule has 2 aromatic rings. The molecule has 0 aromatic carbocycles. The van der Waals surface area contributed by atoms with E-state index in [1.165, 1.54) is 16.9 Å². The number of halogens is 1. The van der Waals surface area contributed by atoms with Crippen LogP contribution in [0.1, 0.15) is 74.2 Å². The van der Waals surface area contributed by atoms with E-state index in [4.69, 9.17) is 9.72 Å². The molecular weight excluding hydrogens is 491 g/mol. The summed E-state index contributed by atoms with van der Waals surface area (Å²) < 4.78 is 20.9. The van der Waals surface area contributed by atoms with E-state index in [-0.39, 0.29) is 11.6 Å². The zero-order chi connectivity index (χ0) is 28.3. The van der Waals surface area contributed by atoms with Crippen LogP contribution in [0.2, 0.25) is 0 Å². The first-order valence-electron chi connectivity index (χ1n) is 14.1. The molecule has 2 aromatic heterocycles. The largest absolute Gasteiger partial charge is 0.474 e. The summed E-state index contributed by atoms with van der Waals surface area (Å²) in [6.07, 6.45) is 5.59. The normalized spacial score (nSPS) is 20.9. The second kappa shape index (κ2) is 11.9. The van der Waals surface area contributed by atoms with Gasteiger partial charge in [-0.05, 0) is 85.1 Å². The summed E-state index contributed by atoms with van der Waals surface area (Å²) in [5.74, 6) is 0.848. The van der Waals surface area contributed by atoms with Gasteiger partial charge in [-0.2, -0.15) is 0 Å². The smallest absolute Gasteiger partial charge is 0.180 e. The van der Waals surface area contributed by atoms with Crippen molar-refractivity contribution in [2.45, 2.75) is 84.5 Å². The number of aromatic nitrogens is 2. The van der Waals surface area contributed by atoms with Gasteiger partial charge in [0, 0.05) is 67.1 Å². The van der Waals surface area contributed by atoms with Gasteiger partial charge >= 0.3 is 0 Å². The molecule has 0 aliphatic carbocycles. The van der Waals surface area contributed by atoms with Crippen LogP contribution in [0.15, 0.2) is 35.8 Å². The number of rotatable bonds is 7. The summed E-state index contributed by atoms with van der Waals surface area (Å²) in [6, 6.07) is 4.06. The highest BCUT2D eigenvalue weighted by atomic mass is 19.1. The van der Waals surface area contributed by atoms with Crippen LogP contribution >= 0.6 is 0 Å². The summed E-state index contributed by atoms with van der Waals surface area (Å²) >= 11 is 0. The highest BCUT2D eigenvalue weighted by Crippen LogP contribution is 2.34. The minimum Gasteiger partial charge on any atom is -0.474 e. The fourth-order valence-electron chi connectivity index (χ4n) is 5.84. The van der Waals surface area contributed by atoms with Gasteiger partial charge in [0.05, 0.1) is 24.5 Å². The average Bonchev–Trinajstić information content (AvgIpc) is 2.86. The number of anilines is 2. The van der Waals surface area contributed by atoms with Crippen LogP contribution in [0.3, 0.4) is 0 Å². The number of nitrogens with one attached hydrogen (secondary N) is 1. The van der Waals surface area contributed by atoms with Crippen molar-refractivity contribution in [2.75, 3.05) is 43.0 Å². The molecule has 8 heteroatoms. The van der Waals surface area contributed by atoms with Crippen LogP contribution < -0.4 is 15.1 Å². The molecule has 4 rings (SSSR count). The molecule has 212 valence electrons. The number of aryl methyl sites for hydroxylation is 3. The summed E-state index contributed by atoms with van der Waals surface area (Å²) in [4.78, 5) is 18.4. The second-order valence-corrected chi connectivity index (χ2v) is 12.0. The number of ether oxygens (including phenoxy) is 1. The monoisotopic (exact) mass is 536 g/mol. The molecule has 7 nitrogen and oxygen atoms in total. The molecule has 0 amide bonds. The van der Waals surface area contributed by atoms with Crippen molar-refractivity contribution in [2.24, 2.45) is 4.99 Å². The van der Waals surface area contributed by atoms with E-state index in [0.29, 0.717) is 24.8 Å². The highest BCUT2D eigenvalue weighted by molar-refractivity contribution is 5.89. The number of alkyl halides is 1. The third kappa shape index (κ3) is 7.08. The Balaban J connectivity index is 1.37. The van der Waals surface area contributed by atoms with Gasteiger partial charge in [0.25, 0.3) is 0 Å². The molecule has 2 saturated heterocycles. The molecule has 0 spiro atoms. The van der Waals surface area contributed by atoms with Crippen molar-refractivity contribution in [3.63, 3.8) is 0 Å². The number of piperidine rings is 2. The highest BCUT2D eigenvalue weighted by Gasteiger charge is 2.31. The molecule has 0 bridgehead atoms. The molecule has 0 radical (unpaired) electrons. The summed E-state index contributed by atoms with van der Waals surface area (Å²) in [6.45, 7) is 19.0. The zero-order valence-corrected chi connectivity index (χ0v) is 24.7. The standard InChI is InChI=1S/C31H45FN6O/c1-20-15-25(38-14-11-28(27(32)19-38)36-23(4)39-31(5,6)7)17-34-30(20)24-9-12-37(13-10-24)29-16-21(2)35-22(3)26(29)18-33-8/h15-18,24,27-28,36H,4,9-14,19H2,1-3,5-8H3. The predicted molar refractivity (Wildman–Crippen MR) is 159 cm³/mol. The van der Waals surface area contributed by atoms with Gasteiger partial charge in [-0.25, -0.2) is 4.39 Å². The number of hydrogen-bond donors (Lipinski definition) is 1. The molecule has 2 atom stereocenters. The van der Waals surface area contributed by atoms with E-state index in [9.17, 15) is 0 Å². The van der Waals surface area contributed by atoms with Crippen LogP contribution in [0.4, 0.5) is 15.8 Å². The van der Waals surface area contributed by atoms with Gasteiger partial charge in [0.1, 0.15) is 11.8 Å². The maximum absolute atomic E-state index is 15.1. The van der Waals surface area contributed by atoms with Crippen LogP contribution in [0.25, 0.3) is 0 Å². The van der Waals surface area contributed by atoms with E-state index < -0.39 is 6.17 Å². The quantitative estimate of drug-likeness (QED) is 0.366. The number of nitrogens with zero attached hydrogens (tertiary/aromatic N) is 5. The molecular formula is C31H45FN6O. The molecule has 1 N–H and O–H groups in total. The number of pyridine rings is 2. The topological polar surface area (TPSA) is 65.9 Å². The Morgan fingerprint density at radius 3 is 2.44 bits per heavy atom. The van der Waals surface area contributed by atoms with Crippen molar-refractivity contribution in [1.29, 1.82) is 0 Å². The fourth-order valence-corrected chi connectivity index (χ4v) is 5.84. The van der Waals surface area contributed by atoms with Gasteiger partial charge in [0.15, 0.2) is 5.88 Å². The lowest BCUT2D eigenvalue weighted by molar-refractivity contribution is 0.0333. The van der Waals surface area contributed by atoms with Gasteiger partial charge in [0.2, 0.25) is 0 Å². The Labute approximate surface area is 233 Å². The first kappa shape index (κ1) is 28.8. The minimum absolute atomic E-state index is 0.299. The maximum atomic E-state index is 15.1. The van der Waals surface area contributed by atoms with E-state index in [0.717, 1.165) is 55.1 Å². The number of aliphatic imine (C=N–C) groups is 1. The second-order valence-electron chi connectivity index (χ2n) is 12.0. The van der Waals surface area contributed by atoms with Gasteiger partial charge in [-0.15, -0.1) is 0 Å². The lowest BCUT2D eigenvalue weighted by atomic mass is 9.90. The summed E-state index contributed by atoms with van der Waals surface area (Å²) in [7, 11) is 1.81. The lowest BCUT2D eigenvalue weighted by Crippen LogP contribution is -2.51. The Morgan fingerprint density at radius 1 is 1.13 bits per heavy atom. The zero-order valence-electron chi connectivity index (χ0n) is 24.7. The van der Waals surface area contributed by atoms with E-state index in [1.807, 2.05) is 40.1 Å². The Hall–Kier alpha value is -3.16. The molecule has 2 unspecified atom stereocenters. The van der Waals surface area contributed by atoms with Crippen LogP contribution in [0, 0.1) is 20.8 Å². The Morgan fingerprint density at radius 2 is 1.82 bits per heavy atom. The Bertz CT molecular complexity index is 1200. The van der Waals surface area contributed by atoms with Gasteiger partial charge in [-0.1, -0.05) is 0 Å². The van der Waals surface area contributed by atoms with Crippen molar-refractivity contribution in [3.05, 3.63) is 59.0 Å². The third-order valence-electron chi connectivity index (χ3n) is 7.62. The first-order chi connectivity index (χ1) is 18.4. The lowest BCUT2D eigenvalue weighted by Gasteiger charge is -2.38. The summed E-state index contributed by atoms with van der Waals surface area (Å²) in [5.41, 5.74) is 7.36. The fraction of sp³-hybridized carbons (Fsp3) is 0.581. The van der Waals surface area contributed by atoms with Crippen molar-refractivity contribution >= 4 is 17.6 Å². The van der Waals surface area contributed by atoms with Crippen LogP contribution in [-0.2, 0) is 4.74 Å². The van der Waals surface area contributed by atoms with Crippen LogP contribution in [-0.4, -0.2) is 67.2 Å². The molecule has 0 saturated carbocycles. The molecule has 39 heavy (non-hydrogen) atoms. The molecule has 2 aliphatic heterocycles. The molecule has 4 heterocycles. The van der Waals surface area contributed by atoms with Gasteiger partial charge in [-0.3, -0.25) is 15.0 Å².